The molecule has 1 amide bonds. The lowest BCUT2D eigenvalue weighted by molar-refractivity contribution is -0.121. The fourth-order valence-corrected chi connectivity index (χ4v) is 3.97. The lowest BCUT2D eigenvalue weighted by atomic mass is 10.3. The molecule has 0 aliphatic carbocycles. The minimum Gasteiger partial charge on any atom is -0.497 e. The van der Waals surface area contributed by atoms with Gasteiger partial charge in [-0.15, -0.1) is 11.3 Å². The maximum Gasteiger partial charge on any atom is 0.273 e. The van der Waals surface area contributed by atoms with Crippen LogP contribution in [-0.2, 0) is 14.8 Å². The molecular weight excluding hydrogens is 350 g/mol. The van der Waals surface area contributed by atoms with Crippen molar-refractivity contribution >= 4 is 38.9 Å². The first-order valence-electron chi connectivity index (χ1n) is 5.98. The highest BCUT2D eigenvalue weighted by molar-refractivity contribution is 7.92. The first-order chi connectivity index (χ1) is 10.4. The molecule has 0 bridgehead atoms. The number of sulfonamides is 1. The van der Waals surface area contributed by atoms with E-state index in [1.54, 1.807) is 24.3 Å². The number of rotatable bonds is 6. The normalized spacial score (nSPS) is 11.0. The van der Waals surface area contributed by atoms with Crippen LogP contribution in [0.25, 0.3) is 0 Å². The molecule has 0 saturated heterocycles. The number of methoxy groups -OCH3 is 1. The van der Waals surface area contributed by atoms with Gasteiger partial charge in [0, 0.05) is 6.07 Å². The van der Waals surface area contributed by atoms with Gasteiger partial charge in [-0.2, -0.15) is 0 Å². The number of ether oxygens (including phenoxy) is 2. The molecule has 0 saturated carbocycles. The Kier molecular flexibility index (Phi) is 5.28. The van der Waals surface area contributed by atoms with Crippen LogP contribution in [0.1, 0.15) is 0 Å². The van der Waals surface area contributed by atoms with Gasteiger partial charge in [-0.3, -0.25) is 4.79 Å². The summed E-state index contributed by atoms with van der Waals surface area (Å²) in [5, 5.41) is 0. The second-order valence-electron chi connectivity index (χ2n) is 4.05. The van der Waals surface area contributed by atoms with Crippen LogP contribution in [0.3, 0.4) is 0 Å². The van der Waals surface area contributed by atoms with Crippen molar-refractivity contribution in [3.05, 3.63) is 40.7 Å². The average molecular weight is 362 g/mol. The zero-order valence-electron chi connectivity index (χ0n) is 11.4. The molecule has 0 aliphatic heterocycles. The number of nitrogens with one attached hydrogen (secondary N) is 1. The predicted molar refractivity (Wildman–Crippen MR) is 83.1 cm³/mol. The molecule has 1 N–H and O–H groups in total. The maximum atomic E-state index is 11.9. The summed E-state index contributed by atoms with van der Waals surface area (Å²) in [5.41, 5.74) is 0. The van der Waals surface area contributed by atoms with E-state index in [1.807, 2.05) is 4.72 Å². The lowest BCUT2D eigenvalue weighted by Crippen LogP contribution is -2.34. The summed E-state index contributed by atoms with van der Waals surface area (Å²) in [7, 11) is -2.42. The van der Waals surface area contributed by atoms with Crippen LogP contribution in [0.5, 0.6) is 11.5 Å². The van der Waals surface area contributed by atoms with Crippen molar-refractivity contribution in [1.29, 1.82) is 0 Å². The van der Waals surface area contributed by atoms with E-state index in [1.165, 1.54) is 19.2 Å². The quantitative estimate of drug-likeness (QED) is 0.853. The van der Waals surface area contributed by atoms with E-state index in [9.17, 15) is 13.2 Å². The summed E-state index contributed by atoms with van der Waals surface area (Å²) >= 11 is 6.54. The van der Waals surface area contributed by atoms with E-state index in [0.717, 1.165) is 11.3 Å². The molecule has 1 aromatic carbocycles. The Morgan fingerprint density at radius 2 is 2.00 bits per heavy atom. The summed E-state index contributed by atoms with van der Waals surface area (Å²) in [6.07, 6.45) is 0. The summed E-state index contributed by atoms with van der Waals surface area (Å²) in [6.45, 7) is -0.439. The number of carbonyl (C=O) groups excluding carboxylic acids is 1. The van der Waals surface area contributed by atoms with Gasteiger partial charge in [0.15, 0.2) is 6.61 Å². The Labute approximate surface area is 136 Å². The zero-order chi connectivity index (χ0) is 16.2. The number of benzene rings is 1. The molecule has 0 aliphatic rings. The molecule has 118 valence electrons. The molecule has 0 spiro atoms. The van der Waals surface area contributed by atoms with E-state index in [2.05, 4.69) is 0 Å². The van der Waals surface area contributed by atoms with Gasteiger partial charge < -0.3 is 9.47 Å². The van der Waals surface area contributed by atoms with Crippen molar-refractivity contribution in [2.75, 3.05) is 13.7 Å². The maximum absolute atomic E-state index is 11.9. The van der Waals surface area contributed by atoms with Gasteiger partial charge in [-0.1, -0.05) is 17.7 Å². The van der Waals surface area contributed by atoms with Crippen molar-refractivity contribution in [1.82, 2.24) is 4.72 Å². The third-order valence-corrected chi connectivity index (χ3v) is 5.57. The third kappa shape index (κ3) is 4.36. The standard InChI is InChI=1S/C13H12ClNO5S2/c1-19-9-3-2-4-10(7-9)20-8-12(16)15-22(17,18)13-6-5-11(14)21-13/h2-7H,8H2,1H3,(H,15,16). The summed E-state index contributed by atoms with van der Waals surface area (Å²) in [6, 6.07) is 9.39. The van der Waals surface area contributed by atoms with E-state index in [4.69, 9.17) is 21.1 Å². The molecule has 0 atom stereocenters. The predicted octanol–water partition coefficient (Wildman–Crippen LogP) is 2.29. The molecule has 22 heavy (non-hydrogen) atoms. The van der Waals surface area contributed by atoms with Crippen LogP contribution in [0.2, 0.25) is 4.34 Å². The van der Waals surface area contributed by atoms with Gasteiger partial charge in [-0.05, 0) is 24.3 Å². The fourth-order valence-electron chi connectivity index (χ4n) is 1.51. The molecular formula is C13H12ClNO5S2. The Balaban J connectivity index is 1.95. The third-order valence-electron chi connectivity index (χ3n) is 2.47. The molecule has 0 unspecified atom stereocenters. The number of hydrogen-bond acceptors (Lipinski definition) is 6. The van der Waals surface area contributed by atoms with E-state index >= 15 is 0 Å². The Hall–Kier alpha value is -1.77. The van der Waals surface area contributed by atoms with Crippen molar-refractivity contribution in [2.24, 2.45) is 0 Å². The van der Waals surface area contributed by atoms with Gasteiger partial charge in [0.05, 0.1) is 11.4 Å². The molecule has 1 heterocycles. The second-order valence-corrected chi connectivity index (χ2v) is 7.68. The fraction of sp³-hybridized carbons (Fsp3) is 0.154. The van der Waals surface area contributed by atoms with Gasteiger partial charge in [0.2, 0.25) is 0 Å². The molecule has 2 rings (SSSR count). The van der Waals surface area contributed by atoms with Crippen LogP contribution in [0.15, 0.2) is 40.6 Å². The van der Waals surface area contributed by atoms with Crippen LogP contribution < -0.4 is 14.2 Å². The van der Waals surface area contributed by atoms with E-state index < -0.39 is 22.5 Å². The highest BCUT2D eigenvalue weighted by Crippen LogP contribution is 2.25. The van der Waals surface area contributed by atoms with E-state index in [-0.39, 0.29) is 4.21 Å². The summed E-state index contributed by atoms with van der Waals surface area (Å²) in [4.78, 5) is 11.7. The molecule has 0 fully saturated rings. The second kappa shape index (κ2) is 6.99. The minimum absolute atomic E-state index is 0.0350. The number of hydrogen-bond donors (Lipinski definition) is 1. The molecule has 0 radical (unpaired) electrons. The monoisotopic (exact) mass is 361 g/mol. The molecule has 9 heteroatoms. The largest absolute Gasteiger partial charge is 0.497 e. The van der Waals surface area contributed by atoms with Crippen LogP contribution in [-0.4, -0.2) is 28.0 Å². The number of amides is 1. The molecule has 6 nitrogen and oxygen atoms in total. The van der Waals surface area contributed by atoms with E-state index in [0.29, 0.717) is 15.8 Å². The Morgan fingerprint density at radius 3 is 2.64 bits per heavy atom. The molecule has 2 aromatic rings. The topological polar surface area (TPSA) is 81.7 Å². The Morgan fingerprint density at radius 1 is 1.27 bits per heavy atom. The Bertz CT molecular complexity index is 772. The van der Waals surface area contributed by atoms with Crippen molar-refractivity contribution in [3.63, 3.8) is 0 Å². The van der Waals surface area contributed by atoms with Crippen LogP contribution >= 0.6 is 22.9 Å². The van der Waals surface area contributed by atoms with Crippen LogP contribution in [0, 0.1) is 0 Å². The van der Waals surface area contributed by atoms with Crippen molar-refractivity contribution < 1.29 is 22.7 Å². The average Bonchev–Trinajstić information content (AvgIpc) is 2.92. The van der Waals surface area contributed by atoms with Gasteiger partial charge in [-0.25, -0.2) is 13.1 Å². The van der Waals surface area contributed by atoms with Crippen molar-refractivity contribution in [2.45, 2.75) is 4.21 Å². The zero-order valence-corrected chi connectivity index (χ0v) is 13.8. The lowest BCUT2D eigenvalue weighted by Gasteiger charge is -2.08. The minimum atomic E-state index is -3.93. The SMILES string of the molecule is COc1cccc(OCC(=O)NS(=O)(=O)c2ccc(Cl)s2)c1. The number of halogens is 1. The number of thiophene rings is 1. The molecule has 1 aromatic heterocycles. The number of carbonyl (C=O) groups is 1. The summed E-state index contributed by atoms with van der Waals surface area (Å²) in [5.74, 6) is 0.178. The van der Waals surface area contributed by atoms with Gasteiger partial charge >= 0.3 is 0 Å². The smallest absolute Gasteiger partial charge is 0.273 e. The highest BCUT2D eigenvalue weighted by atomic mass is 35.5. The van der Waals surface area contributed by atoms with Gasteiger partial charge in [0.25, 0.3) is 15.9 Å². The highest BCUT2D eigenvalue weighted by Gasteiger charge is 2.20. The van der Waals surface area contributed by atoms with Gasteiger partial charge in [0.1, 0.15) is 15.7 Å². The van der Waals surface area contributed by atoms with Crippen molar-refractivity contribution in [3.8, 4) is 11.5 Å². The van der Waals surface area contributed by atoms with Crippen LogP contribution in [0.4, 0.5) is 0 Å². The summed E-state index contributed by atoms with van der Waals surface area (Å²) < 4.78 is 36.3. The first kappa shape index (κ1) is 16.6. The first-order valence-corrected chi connectivity index (χ1v) is 8.66.